The molecule has 1 atom stereocenters. The van der Waals surface area contributed by atoms with Crippen LogP contribution < -0.4 is 0 Å². The highest BCUT2D eigenvalue weighted by Gasteiger charge is 2.19. The lowest BCUT2D eigenvalue weighted by Crippen LogP contribution is -2.25. The fourth-order valence-electron chi connectivity index (χ4n) is 2.01. The minimum Gasteiger partial charge on any atom is -0.375 e. The third-order valence-corrected chi connectivity index (χ3v) is 5.94. The van der Waals surface area contributed by atoms with Crippen LogP contribution in [-0.2, 0) is 4.74 Å². The maximum absolute atomic E-state index is 6.07. The van der Waals surface area contributed by atoms with Gasteiger partial charge in [0.25, 0.3) is 7.42 Å². The summed E-state index contributed by atoms with van der Waals surface area (Å²) in [6, 6.07) is 0. The second kappa shape index (κ2) is 13.5. The third kappa shape index (κ3) is 13.2. The molecular formula is C15H30Cl2OSi. The van der Waals surface area contributed by atoms with Crippen molar-refractivity contribution in [2.45, 2.75) is 77.4 Å². The molecule has 4 heteroatoms. The second-order valence-corrected chi connectivity index (χ2v) is 10.3. The molecule has 0 aliphatic heterocycles. The van der Waals surface area contributed by atoms with Crippen LogP contribution in [0.5, 0.6) is 0 Å². The van der Waals surface area contributed by atoms with Crippen LogP contribution >= 0.6 is 22.2 Å². The van der Waals surface area contributed by atoms with E-state index in [1.807, 2.05) is 6.92 Å². The Morgan fingerprint density at radius 3 is 2.05 bits per heavy atom. The monoisotopic (exact) mass is 324 g/mol. The molecule has 0 N–H and O–H groups in total. The van der Waals surface area contributed by atoms with Crippen LogP contribution in [0.1, 0.15) is 71.6 Å². The van der Waals surface area contributed by atoms with Crippen LogP contribution in [0.2, 0.25) is 0 Å². The summed E-state index contributed by atoms with van der Waals surface area (Å²) in [6.07, 6.45) is 11.6. The fraction of sp³-hybridized carbons (Fsp3) is 0.867. The Labute approximate surface area is 130 Å². The summed E-state index contributed by atoms with van der Waals surface area (Å²) < 4.78 is 5.72. The van der Waals surface area contributed by atoms with Crippen molar-refractivity contribution in [3.8, 4) is 0 Å². The number of hydrogen-bond donors (Lipinski definition) is 0. The summed E-state index contributed by atoms with van der Waals surface area (Å²) in [7, 11) is -1.74. The zero-order chi connectivity index (χ0) is 14.5. The van der Waals surface area contributed by atoms with Crippen LogP contribution in [-0.4, -0.2) is 19.8 Å². The number of unbranched alkanes of at least 4 members (excludes halogenated alkanes) is 7. The molecule has 1 nitrogen and oxygen atoms in total. The van der Waals surface area contributed by atoms with Crippen LogP contribution in [0.15, 0.2) is 12.2 Å². The number of rotatable bonds is 13. The van der Waals surface area contributed by atoms with E-state index in [2.05, 4.69) is 13.5 Å². The van der Waals surface area contributed by atoms with Crippen molar-refractivity contribution in [3.63, 3.8) is 0 Å². The van der Waals surface area contributed by atoms with Crippen molar-refractivity contribution in [1.29, 1.82) is 0 Å². The third-order valence-electron chi connectivity index (χ3n) is 3.17. The lowest BCUT2D eigenvalue weighted by Gasteiger charge is -2.17. The molecule has 0 aromatic carbocycles. The summed E-state index contributed by atoms with van der Waals surface area (Å²) in [5.74, 6) is 0. The average molecular weight is 325 g/mol. The van der Waals surface area contributed by atoms with Crippen molar-refractivity contribution in [2.75, 3.05) is 6.61 Å². The Hall–Kier alpha value is 0.497. The van der Waals surface area contributed by atoms with Crippen molar-refractivity contribution < 1.29 is 4.74 Å². The molecule has 0 aliphatic carbocycles. The van der Waals surface area contributed by atoms with Gasteiger partial charge in [0.15, 0.2) is 0 Å². The normalized spacial score (nSPS) is 12.9. The van der Waals surface area contributed by atoms with Crippen molar-refractivity contribution in [3.05, 3.63) is 12.2 Å². The predicted molar refractivity (Wildman–Crippen MR) is 90.6 cm³/mol. The summed E-state index contributed by atoms with van der Waals surface area (Å²) >= 11 is 12.1. The first-order valence-corrected chi connectivity index (χ1v) is 11.8. The number of halogens is 2. The molecule has 0 rings (SSSR count). The highest BCUT2D eigenvalue weighted by molar-refractivity contribution is 7.34. The minimum atomic E-state index is -1.74. The first-order valence-electron chi connectivity index (χ1n) is 7.62. The van der Waals surface area contributed by atoms with Gasteiger partial charge in [-0.15, -0.1) is 22.2 Å². The summed E-state index contributed by atoms with van der Waals surface area (Å²) in [4.78, 5) is 0. The van der Waals surface area contributed by atoms with Crippen molar-refractivity contribution in [1.82, 2.24) is 0 Å². The Bertz CT molecular complexity index is 222. The van der Waals surface area contributed by atoms with E-state index in [0.717, 1.165) is 12.0 Å². The summed E-state index contributed by atoms with van der Waals surface area (Å²) in [5.41, 5.74) is 1.11. The van der Waals surface area contributed by atoms with E-state index < -0.39 is 7.42 Å². The van der Waals surface area contributed by atoms with Crippen molar-refractivity contribution >= 4 is 29.6 Å². The van der Waals surface area contributed by atoms with Gasteiger partial charge in [-0.05, 0) is 13.3 Å². The first-order chi connectivity index (χ1) is 9.07. The largest absolute Gasteiger partial charge is 0.375 e. The van der Waals surface area contributed by atoms with Crippen LogP contribution in [0, 0.1) is 0 Å². The number of hydrogen-bond acceptors (Lipinski definition) is 1. The molecule has 0 radical (unpaired) electrons. The van der Waals surface area contributed by atoms with Gasteiger partial charge in [0, 0.05) is 0 Å². The highest BCUT2D eigenvalue weighted by Crippen LogP contribution is 2.17. The quantitative estimate of drug-likeness (QED) is 0.182. The molecule has 0 aliphatic rings. The minimum absolute atomic E-state index is 0.0834. The summed E-state index contributed by atoms with van der Waals surface area (Å²) in [6.45, 7) is 8.64. The Balaban J connectivity index is 3.51. The molecule has 0 heterocycles. The standard InChI is InChI=1S/C15H30Cl2OSi/c1-4-5-6-7-8-9-10-11-12-15(19(16)17)18-13-14(2)3/h15,19H,2,4-13H2,1,3H3. The van der Waals surface area contributed by atoms with E-state index >= 15 is 0 Å². The first kappa shape index (κ1) is 19.5. The van der Waals surface area contributed by atoms with Gasteiger partial charge in [-0.3, -0.25) is 0 Å². The maximum Gasteiger partial charge on any atom is 0.264 e. The molecule has 0 saturated carbocycles. The lowest BCUT2D eigenvalue weighted by atomic mass is 10.1. The van der Waals surface area contributed by atoms with E-state index in [-0.39, 0.29) is 5.73 Å². The van der Waals surface area contributed by atoms with Crippen LogP contribution in [0.25, 0.3) is 0 Å². The van der Waals surface area contributed by atoms with E-state index in [1.165, 1.54) is 51.4 Å². The summed E-state index contributed by atoms with van der Waals surface area (Å²) in [5, 5.41) is 0. The molecule has 0 saturated heterocycles. The SMILES string of the molecule is C=C(C)COC(CCCCCCCCCC)[SiH](Cl)Cl. The van der Waals surface area contributed by atoms with Gasteiger partial charge >= 0.3 is 0 Å². The molecule has 0 aromatic rings. The van der Waals surface area contributed by atoms with Crippen molar-refractivity contribution in [2.24, 2.45) is 0 Å². The van der Waals surface area contributed by atoms with Gasteiger partial charge in [-0.1, -0.05) is 70.4 Å². The molecule has 1 unspecified atom stereocenters. The lowest BCUT2D eigenvalue weighted by molar-refractivity contribution is 0.117. The van der Waals surface area contributed by atoms with Gasteiger partial charge in [0.1, 0.15) is 0 Å². The molecule has 19 heavy (non-hydrogen) atoms. The zero-order valence-corrected chi connectivity index (χ0v) is 15.3. The molecule has 0 amide bonds. The highest BCUT2D eigenvalue weighted by atomic mass is 35.7. The van der Waals surface area contributed by atoms with E-state index in [9.17, 15) is 0 Å². The topological polar surface area (TPSA) is 9.23 Å². The van der Waals surface area contributed by atoms with Crippen LogP contribution in [0.4, 0.5) is 0 Å². The zero-order valence-electron chi connectivity index (χ0n) is 12.6. The average Bonchev–Trinajstić information content (AvgIpc) is 2.35. The van der Waals surface area contributed by atoms with E-state index in [0.29, 0.717) is 6.61 Å². The fourth-order valence-corrected chi connectivity index (χ4v) is 3.93. The molecule has 0 aromatic heterocycles. The predicted octanol–water partition coefficient (Wildman–Crippen LogP) is 5.72. The Morgan fingerprint density at radius 1 is 1.05 bits per heavy atom. The van der Waals surface area contributed by atoms with Gasteiger partial charge in [0.2, 0.25) is 0 Å². The Morgan fingerprint density at radius 2 is 1.58 bits per heavy atom. The van der Waals surface area contributed by atoms with Gasteiger partial charge in [-0.25, -0.2) is 0 Å². The maximum atomic E-state index is 6.07. The van der Waals surface area contributed by atoms with Gasteiger partial charge in [0.05, 0.1) is 12.3 Å². The Kier molecular flexibility index (Phi) is 13.8. The number of ether oxygens (including phenoxy) is 1. The molecular weight excluding hydrogens is 295 g/mol. The molecule has 114 valence electrons. The van der Waals surface area contributed by atoms with Gasteiger partial charge in [-0.2, -0.15) is 0 Å². The van der Waals surface area contributed by atoms with Crippen LogP contribution in [0.3, 0.4) is 0 Å². The molecule has 0 bridgehead atoms. The van der Waals surface area contributed by atoms with E-state index in [1.54, 1.807) is 0 Å². The molecule has 0 fully saturated rings. The van der Waals surface area contributed by atoms with Gasteiger partial charge < -0.3 is 4.74 Å². The smallest absolute Gasteiger partial charge is 0.264 e. The second-order valence-electron chi connectivity index (χ2n) is 5.40. The van der Waals surface area contributed by atoms with E-state index in [4.69, 9.17) is 26.9 Å². The molecule has 0 spiro atoms.